The number of cyclic esters (lactones) is 2. The maximum Gasteiger partial charge on any atom is 0.321 e. The number of nitrogens with zero attached hydrogens (tertiary/aromatic N) is 1. The van der Waals surface area contributed by atoms with Gasteiger partial charge in [-0.25, -0.2) is 0 Å². The van der Waals surface area contributed by atoms with E-state index in [4.69, 9.17) is 4.74 Å². The van der Waals surface area contributed by atoms with Crippen LogP contribution in [0.4, 0.5) is 0 Å². The lowest BCUT2D eigenvalue weighted by Crippen LogP contribution is -2.32. The van der Waals surface area contributed by atoms with Crippen molar-refractivity contribution < 1.29 is 14.3 Å². The van der Waals surface area contributed by atoms with Gasteiger partial charge in [0.05, 0.1) is 11.3 Å². The highest BCUT2D eigenvalue weighted by Gasteiger charge is 2.60. The van der Waals surface area contributed by atoms with Gasteiger partial charge < -0.3 is 4.74 Å². The number of esters is 2. The third-order valence-electron chi connectivity index (χ3n) is 4.49. The molecule has 2 saturated heterocycles. The minimum absolute atomic E-state index is 0.198. The van der Waals surface area contributed by atoms with Gasteiger partial charge in [0.25, 0.3) is 0 Å². The molecular formula is C15H17NO3. The van der Waals surface area contributed by atoms with E-state index in [0.29, 0.717) is 13.1 Å². The fourth-order valence-corrected chi connectivity index (χ4v) is 3.09. The third-order valence-corrected chi connectivity index (χ3v) is 4.49. The molecule has 0 radical (unpaired) electrons. The van der Waals surface area contributed by atoms with Gasteiger partial charge in [-0.05, 0) is 19.4 Å². The number of hydrogen-bond acceptors (Lipinski definition) is 4. The second-order valence-corrected chi connectivity index (χ2v) is 5.69. The van der Waals surface area contributed by atoms with E-state index in [1.54, 1.807) is 0 Å². The van der Waals surface area contributed by atoms with Gasteiger partial charge in [0.1, 0.15) is 0 Å². The van der Waals surface area contributed by atoms with Crippen LogP contribution >= 0.6 is 0 Å². The van der Waals surface area contributed by atoms with E-state index in [2.05, 4.69) is 24.0 Å². The quantitative estimate of drug-likeness (QED) is 0.600. The SMILES string of the molecule is CC(c1ccccc1)N1C[C@H]2C(=O)OC(=O)[C@@]2(C)C1. The molecule has 2 aliphatic heterocycles. The normalized spacial score (nSPS) is 32.2. The summed E-state index contributed by atoms with van der Waals surface area (Å²) in [6.45, 7) is 5.12. The van der Waals surface area contributed by atoms with Gasteiger partial charge in [0.2, 0.25) is 0 Å². The molecule has 100 valence electrons. The van der Waals surface area contributed by atoms with Crippen LogP contribution in [0.2, 0.25) is 0 Å². The van der Waals surface area contributed by atoms with Crippen LogP contribution in [-0.4, -0.2) is 29.9 Å². The first-order valence-electron chi connectivity index (χ1n) is 6.57. The Hall–Kier alpha value is -1.68. The largest absolute Gasteiger partial charge is 0.392 e. The Labute approximate surface area is 112 Å². The molecule has 0 saturated carbocycles. The predicted molar refractivity (Wildman–Crippen MR) is 69.1 cm³/mol. The Bertz CT molecular complexity index is 527. The van der Waals surface area contributed by atoms with E-state index < -0.39 is 5.41 Å². The molecule has 4 heteroatoms. The van der Waals surface area contributed by atoms with E-state index in [1.165, 1.54) is 5.56 Å². The molecule has 2 fully saturated rings. The van der Waals surface area contributed by atoms with Gasteiger partial charge in [0.15, 0.2) is 0 Å². The van der Waals surface area contributed by atoms with Crippen molar-refractivity contribution in [3.8, 4) is 0 Å². The van der Waals surface area contributed by atoms with Crippen molar-refractivity contribution in [3.63, 3.8) is 0 Å². The second kappa shape index (κ2) is 4.17. The topological polar surface area (TPSA) is 46.6 Å². The van der Waals surface area contributed by atoms with Crippen molar-refractivity contribution in [3.05, 3.63) is 35.9 Å². The summed E-state index contributed by atoms with van der Waals surface area (Å²) in [5.74, 6) is -1.05. The molecule has 1 unspecified atom stereocenters. The molecule has 4 nitrogen and oxygen atoms in total. The minimum atomic E-state index is -0.667. The molecule has 0 spiro atoms. The Morgan fingerprint density at radius 3 is 2.63 bits per heavy atom. The van der Waals surface area contributed by atoms with Gasteiger partial charge in [-0.3, -0.25) is 14.5 Å². The van der Waals surface area contributed by atoms with Crippen molar-refractivity contribution in [1.82, 2.24) is 4.90 Å². The van der Waals surface area contributed by atoms with E-state index in [0.717, 1.165) is 0 Å². The summed E-state index contributed by atoms with van der Waals surface area (Å²) in [4.78, 5) is 25.7. The average molecular weight is 259 g/mol. The van der Waals surface area contributed by atoms with Crippen LogP contribution in [0.15, 0.2) is 30.3 Å². The van der Waals surface area contributed by atoms with E-state index in [1.807, 2.05) is 25.1 Å². The molecule has 0 N–H and O–H groups in total. The zero-order valence-electron chi connectivity index (χ0n) is 11.1. The molecule has 3 rings (SSSR count). The van der Waals surface area contributed by atoms with Crippen molar-refractivity contribution in [2.75, 3.05) is 13.1 Å². The Morgan fingerprint density at radius 1 is 1.32 bits per heavy atom. The first-order chi connectivity index (χ1) is 9.02. The van der Waals surface area contributed by atoms with Crippen molar-refractivity contribution in [2.24, 2.45) is 11.3 Å². The number of fused-ring (bicyclic) bond motifs is 1. The first-order valence-corrected chi connectivity index (χ1v) is 6.57. The van der Waals surface area contributed by atoms with Gasteiger partial charge in [0, 0.05) is 19.1 Å². The van der Waals surface area contributed by atoms with Crippen LogP contribution in [0.25, 0.3) is 0 Å². The van der Waals surface area contributed by atoms with Gasteiger partial charge >= 0.3 is 11.9 Å². The average Bonchev–Trinajstić information content (AvgIpc) is 2.86. The number of carbonyl (C=O) groups is 2. The molecule has 3 atom stereocenters. The van der Waals surface area contributed by atoms with Crippen LogP contribution in [0.5, 0.6) is 0 Å². The highest BCUT2D eigenvalue weighted by Crippen LogP contribution is 2.45. The summed E-state index contributed by atoms with van der Waals surface area (Å²) in [5, 5.41) is 0. The number of ether oxygens (including phenoxy) is 1. The molecule has 0 bridgehead atoms. The maximum atomic E-state index is 11.8. The molecule has 1 aromatic rings. The Morgan fingerprint density at radius 2 is 2.00 bits per heavy atom. The van der Waals surface area contributed by atoms with E-state index >= 15 is 0 Å². The molecular weight excluding hydrogens is 242 g/mol. The third kappa shape index (κ3) is 1.78. The zero-order valence-corrected chi connectivity index (χ0v) is 11.1. The van der Waals surface area contributed by atoms with E-state index in [9.17, 15) is 9.59 Å². The van der Waals surface area contributed by atoms with Gasteiger partial charge in [-0.15, -0.1) is 0 Å². The summed E-state index contributed by atoms with van der Waals surface area (Å²) < 4.78 is 4.76. The van der Waals surface area contributed by atoms with Crippen LogP contribution in [0.3, 0.4) is 0 Å². The molecule has 2 aliphatic rings. The smallest absolute Gasteiger partial charge is 0.321 e. The minimum Gasteiger partial charge on any atom is -0.392 e. The number of carbonyl (C=O) groups excluding carboxylic acids is 2. The van der Waals surface area contributed by atoms with Crippen molar-refractivity contribution >= 4 is 11.9 Å². The van der Waals surface area contributed by atoms with Crippen LogP contribution in [0, 0.1) is 11.3 Å². The molecule has 1 aromatic carbocycles. The number of likely N-dealkylation sites (tertiary alicyclic amines) is 1. The van der Waals surface area contributed by atoms with Crippen molar-refractivity contribution in [1.29, 1.82) is 0 Å². The second-order valence-electron chi connectivity index (χ2n) is 5.69. The molecule has 0 aromatic heterocycles. The lowest BCUT2D eigenvalue weighted by molar-refractivity contribution is -0.156. The molecule has 0 amide bonds. The summed E-state index contributed by atoms with van der Waals surface area (Å²) in [6.07, 6.45) is 0. The standard InChI is InChI=1S/C15H17NO3/c1-10(11-6-4-3-5-7-11)16-8-12-13(17)19-14(18)15(12,2)9-16/h3-7,10,12H,8-9H2,1-2H3/t10?,12-,15-/m0/s1. The lowest BCUT2D eigenvalue weighted by atomic mass is 9.82. The highest BCUT2D eigenvalue weighted by atomic mass is 16.6. The molecule has 19 heavy (non-hydrogen) atoms. The Kier molecular flexibility index (Phi) is 2.71. The summed E-state index contributed by atoms with van der Waals surface area (Å²) in [6, 6.07) is 10.3. The van der Waals surface area contributed by atoms with Crippen molar-refractivity contribution in [2.45, 2.75) is 19.9 Å². The lowest BCUT2D eigenvalue weighted by Gasteiger charge is -2.26. The summed E-state index contributed by atoms with van der Waals surface area (Å²) >= 11 is 0. The number of benzene rings is 1. The number of rotatable bonds is 2. The van der Waals surface area contributed by atoms with Crippen LogP contribution < -0.4 is 0 Å². The fourth-order valence-electron chi connectivity index (χ4n) is 3.09. The van der Waals surface area contributed by atoms with Crippen LogP contribution in [0.1, 0.15) is 25.5 Å². The molecule has 2 heterocycles. The highest BCUT2D eigenvalue weighted by molar-refractivity contribution is 5.99. The maximum absolute atomic E-state index is 11.8. The van der Waals surface area contributed by atoms with Gasteiger partial charge in [-0.2, -0.15) is 0 Å². The van der Waals surface area contributed by atoms with Gasteiger partial charge in [-0.1, -0.05) is 30.3 Å². The van der Waals surface area contributed by atoms with Crippen LogP contribution in [-0.2, 0) is 14.3 Å². The number of hydrogen-bond donors (Lipinski definition) is 0. The molecule has 0 aliphatic carbocycles. The van der Waals surface area contributed by atoms with E-state index in [-0.39, 0.29) is 23.9 Å². The zero-order chi connectivity index (χ0) is 13.6. The predicted octanol–water partition coefficient (Wildman–Crippen LogP) is 1.77. The Balaban J connectivity index is 1.83. The summed E-state index contributed by atoms with van der Waals surface area (Å²) in [5.41, 5.74) is 0.534. The summed E-state index contributed by atoms with van der Waals surface area (Å²) in [7, 11) is 0. The monoisotopic (exact) mass is 259 g/mol. The first kappa shape index (κ1) is 12.4. The fraction of sp³-hybridized carbons (Fsp3) is 0.467.